The highest BCUT2D eigenvalue weighted by atomic mass is 16.5. The molecule has 0 spiro atoms. The van der Waals surface area contributed by atoms with Crippen LogP contribution in [0.4, 0.5) is 0 Å². The molecule has 1 aliphatic rings. The first-order valence-corrected chi connectivity index (χ1v) is 6.88. The Labute approximate surface area is 118 Å². The van der Waals surface area contributed by atoms with Crippen molar-refractivity contribution in [3.05, 3.63) is 59.4 Å². The summed E-state index contributed by atoms with van der Waals surface area (Å²) in [6.45, 7) is 0. The SMILES string of the molecule is COc1ccc2c(c1)CCC(Cc1ccncc1)C2=O. The maximum absolute atomic E-state index is 12.6. The standard InChI is InChI=1S/C17H17NO2/c1-20-15-4-5-16-13(11-15)2-3-14(17(16)19)10-12-6-8-18-9-7-12/h4-9,11,14H,2-3,10H2,1H3. The van der Waals surface area contributed by atoms with Crippen LogP contribution in [0.3, 0.4) is 0 Å². The van der Waals surface area contributed by atoms with E-state index in [0.29, 0.717) is 0 Å². The number of aryl methyl sites for hydroxylation is 1. The molecule has 0 fully saturated rings. The minimum absolute atomic E-state index is 0.0818. The predicted octanol–water partition coefficient (Wildman–Crippen LogP) is 3.08. The number of ketones is 1. The van der Waals surface area contributed by atoms with E-state index in [1.54, 1.807) is 19.5 Å². The predicted molar refractivity (Wildman–Crippen MR) is 77.1 cm³/mol. The summed E-state index contributed by atoms with van der Waals surface area (Å²) >= 11 is 0. The van der Waals surface area contributed by atoms with Gasteiger partial charge in [-0.3, -0.25) is 9.78 Å². The Morgan fingerprint density at radius 3 is 2.80 bits per heavy atom. The first-order valence-electron chi connectivity index (χ1n) is 6.88. The molecular weight excluding hydrogens is 250 g/mol. The second-order valence-corrected chi connectivity index (χ2v) is 5.18. The zero-order valence-electron chi connectivity index (χ0n) is 11.5. The first-order chi connectivity index (χ1) is 9.78. The van der Waals surface area contributed by atoms with Gasteiger partial charge in [-0.05, 0) is 60.7 Å². The number of benzene rings is 1. The molecule has 0 bridgehead atoms. The molecule has 3 nitrogen and oxygen atoms in total. The van der Waals surface area contributed by atoms with Crippen LogP contribution in [0, 0.1) is 5.92 Å². The van der Waals surface area contributed by atoms with Crippen LogP contribution in [0.5, 0.6) is 5.75 Å². The largest absolute Gasteiger partial charge is 0.497 e. The van der Waals surface area contributed by atoms with Gasteiger partial charge in [0.05, 0.1) is 7.11 Å². The van der Waals surface area contributed by atoms with Gasteiger partial charge in [-0.15, -0.1) is 0 Å². The molecule has 1 aromatic heterocycles. The van der Waals surface area contributed by atoms with Crippen molar-refractivity contribution in [2.75, 3.05) is 7.11 Å². The molecule has 0 saturated heterocycles. The van der Waals surface area contributed by atoms with Gasteiger partial charge in [-0.1, -0.05) is 0 Å². The molecule has 0 N–H and O–H groups in total. The lowest BCUT2D eigenvalue weighted by Crippen LogP contribution is -2.24. The number of fused-ring (bicyclic) bond motifs is 1. The van der Waals surface area contributed by atoms with Gasteiger partial charge in [0.1, 0.15) is 5.75 Å². The van der Waals surface area contributed by atoms with E-state index < -0.39 is 0 Å². The number of aromatic nitrogens is 1. The van der Waals surface area contributed by atoms with E-state index in [2.05, 4.69) is 4.98 Å². The Morgan fingerprint density at radius 2 is 2.05 bits per heavy atom. The molecule has 20 heavy (non-hydrogen) atoms. The maximum Gasteiger partial charge on any atom is 0.166 e. The second kappa shape index (κ2) is 5.45. The lowest BCUT2D eigenvalue weighted by atomic mass is 9.80. The lowest BCUT2D eigenvalue weighted by Gasteiger charge is -2.23. The van der Waals surface area contributed by atoms with Crippen molar-refractivity contribution in [1.82, 2.24) is 4.98 Å². The fourth-order valence-corrected chi connectivity index (χ4v) is 2.82. The molecule has 2 aromatic rings. The zero-order chi connectivity index (χ0) is 13.9. The Morgan fingerprint density at radius 1 is 1.25 bits per heavy atom. The molecule has 1 atom stereocenters. The second-order valence-electron chi connectivity index (χ2n) is 5.18. The average Bonchev–Trinajstić information content (AvgIpc) is 2.51. The Balaban J connectivity index is 1.82. The van der Waals surface area contributed by atoms with Crippen molar-refractivity contribution in [2.45, 2.75) is 19.3 Å². The van der Waals surface area contributed by atoms with Crippen molar-refractivity contribution in [1.29, 1.82) is 0 Å². The number of hydrogen-bond donors (Lipinski definition) is 0. The van der Waals surface area contributed by atoms with Crippen LogP contribution in [0.15, 0.2) is 42.7 Å². The normalized spacial score (nSPS) is 17.6. The zero-order valence-corrected chi connectivity index (χ0v) is 11.5. The summed E-state index contributed by atoms with van der Waals surface area (Å²) in [7, 11) is 1.65. The first kappa shape index (κ1) is 12.9. The van der Waals surface area contributed by atoms with E-state index >= 15 is 0 Å². The number of methoxy groups -OCH3 is 1. The Bertz CT molecular complexity index is 622. The highest BCUT2D eigenvalue weighted by Crippen LogP contribution is 2.30. The van der Waals surface area contributed by atoms with Crippen LogP contribution in [0.2, 0.25) is 0 Å². The van der Waals surface area contributed by atoms with Crippen LogP contribution < -0.4 is 4.74 Å². The molecule has 1 unspecified atom stereocenters. The third-order valence-electron chi connectivity index (χ3n) is 3.94. The van der Waals surface area contributed by atoms with Gasteiger partial charge in [0.25, 0.3) is 0 Å². The molecule has 1 aliphatic carbocycles. The number of carbonyl (C=O) groups excluding carboxylic acids is 1. The Kier molecular flexibility index (Phi) is 3.50. The Hall–Kier alpha value is -2.16. The van der Waals surface area contributed by atoms with Gasteiger partial charge in [0, 0.05) is 23.9 Å². The quantitative estimate of drug-likeness (QED) is 0.858. The number of nitrogens with zero attached hydrogens (tertiary/aromatic N) is 1. The monoisotopic (exact) mass is 267 g/mol. The summed E-state index contributed by atoms with van der Waals surface area (Å²) in [4.78, 5) is 16.6. The number of rotatable bonds is 3. The van der Waals surface area contributed by atoms with Crippen molar-refractivity contribution >= 4 is 5.78 Å². The molecule has 0 aliphatic heterocycles. The summed E-state index contributed by atoms with van der Waals surface area (Å²) in [6.07, 6.45) is 6.20. The molecule has 3 heteroatoms. The van der Waals surface area contributed by atoms with Gasteiger partial charge in [-0.25, -0.2) is 0 Å². The molecule has 0 amide bonds. The van der Waals surface area contributed by atoms with Crippen molar-refractivity contribution in [3.63, 3.8) is 0 Å². The summed E-state index contributed by atoms with van der Waals surface area (Å²) < 4.78 is 5.22. The van der Waals surface area contributed by atoms with E-state index in [0.717, 1.165) is 36.1 Å². The number of hydrogen-bond acceptors (Lipinski definition) is 3. The van der Waals surface area contributed by atoms with Gasteiger partial charge in [0.2, 0.25) is 0 Å². The van der Waals surface area contributed by atoms with Gasteiger partial charge in [-0.2, -0.15) is 0 Å². The molecule has 1 aromatic carbocycles. The summed E-state index contributed by atoms with van der Waals surface area (Å²) in [5.41, 5.74) is 3.15. The van der Waals surface area contributed by atoms with Crippen molar-refractivity contribution in [3.8, 4) is 5.75 Å². The summed E-state index contributed by atoms with van der Waals surface area (Å²) in [6, 6.07) is 9.71. The summed E-state index contributed by atoms with van der Waals surface area (Å²) in [5, 5.41) is 0. The highest BCUT2D eigenvalue weighted by Gasteiger charge is 2.27. The molecule has 0 radical (unpaired) electrons. The molecule has 0 saturated carbocycles. The van der Waals surface area contributed by atoms with Crippen LogP contribution >= 0.6 is 0 Å². The van der Waals surface area contributed by atoms with E-state index in [1.165, 1.54) is 5.56 Å². The van der Waals surface area contributed by atoms with E-state index in [4.69, 9.17) is 4.74 Å². The van der Waals surface area contributed by atoms with Crippen molar-refractivity contribution in [2.24, 2.45) is 5.92 Å². The van der Waals surface area contributed by atoms with Gasteiger partial charge in [0.15, 0.2) is 5.78 Å². The van der Waals surface area contributed by atoms with Crippen molar-refractivity contribution < 1.29 is 9.53 Å². The van der Waals surface area contributed by atoms with Crippen LogP contribution in [-0.2, 0) is 12.8 Å². The smallest absolute Gasteiger partial charge is 0.166 e. The van der Waals surface area contributed by atoms with E-state index in [-0.39, 0.29) is 11.7 Å². The number of carbonyl (C=O) groups is 1. The maximum atomic E-state index is 12.6. The van der Waals surface area contributed by atoms with Gasteiger partial charge < -0.3 is 4.74 Å². The molecule has 102 valence electrons. The van der Waals surface area contributed by atoms with E-state index in [9.17, 15) is 4.79 Å². The van der Waals surface area contributed by atoms with Crippen LogP contribution in [0.25, 0.3) is 0 Å². The van der Waals surface area contributed by atoms with E-state index in [1.807, 2.05) is 30.3 Å². The molecular formula is C17H17NO2. The number of pyridine rings is 1. The van der Waals surface area contributed by atoms with Crippen LogP contribution in [-0.4, -0.2) is 17.9 Å². The summed E-state index contributed by atoms with van der Waals surface area (Å²) in [5.74, 6) is 1.16. The fraction of sp³-hybridized carbons (Fsp3) is 0.294. The number of ether oxygens (including phenoxy) is 1. The minimum Gasteiger partial charge on any atom is -0.497 e. The lowest BCUT2D eigenvalue weighted by molar-refractivity contribution is 0.0901. The fourth-order valence-electron chi connectivity index (χ4n) is 2.82. The average molecular weight is 267 g/mol. The third-order valence-corrected chi connectivity index (χ3v) is 3.94. The molecule has 3 rings (SSSR count). The minimum atomic E-state index is 0.0818. The topological polar surface area (TPSA) is 39.2 Å². The van der Waals surface area contributed by atoms with Gasteiger partial charge >= 0.3 is 0 Å². The molecule has 1 heterocycles. The number of Topliss-reactive ketones (excluding diaryl/α,β-unsaturated/α-hetero) is 1. The highest BCUT2D eigenvalue weighted by molar-refractivity contribution is 6.00. The van der Waals surface area contributed by atoms with Crippen LogP contribution in [0.1, 0.15) is 27.9 Å². The third kappa shape index (κ3) is 2.44.